The first-order valence-electron chi connectivity index (χ1n) is 6.51. The van der Waals surface area contributed by atoms with Crippen molar-refractivity contribution in [1.82, 2.24) is 10.4 Å². The summed E-state index contributed by atoms with van der Waals surface area (Å²) in [4.78, 5) is 18.1. The van der Waals surface area contributed by atoms with E-state index in [-0.39, 0.29) is 12.6 Å². The number of nitrogens with two attached hydrogens (primary N) is 1. The fourth-order valence-corrected chi connectivity index (χ4v) is 2.36. The standard InChI is InChI=1S/C12H25N3O2/c1-3-6-15-7-4-5-11(8-15)10(2)14-17-9-12(13)16/h10-11,14H,3-9H2,1-2H3,(H2,13,16). The van der Waals surface area contributed by atoms with Gasteiger partial charge in [0.25, 0.3) is 0 Å². The van der Waals surface area contributed by atoms with Gasteiger partial charge >= 0.3 is 0 Å². The molecule has 0 saturated carbocycles. The molecule has 1 aliphatic rings. The molecule has 1 rings (SSSR count). The molecule has 1 saturated heterocycles. The predicted octanol–water partition coefficient (Wildman–Crippen LogP) is 0.503. The molecular weight excluding hydrogens is 218 g/mol. The number of rotatable bonds is 7. The molecule has 2 atom stereocenters. The number of likely N-dealkylation sites (tertiary alicyclic amines) is 1. The van der Waals surface area contributed by atoms with Gasteiger partial charge in [-0.15, -0.1) is 0 Å². The van der Waals surface area contributed by atoms with Crippen LogP contribution in [0.4, 0.5) is 0 Å². The van der Waals surface area contributed by atoms with Gasteiger partial charge in [0.15, 0.2) is 0 Å². The Morgan fingerprint density at radius 3 is 3.06 bits per heavy atom. The van der Waals surface area contributed by atoms with Crippen LogP contribution < -0.4 is 11.2 Å². The molecular formula is C12H25N3O2. The zero-order chi connectivity index (χ0) is 12.7. The number of amides is 1. The molecule has 1 fully saturated rings. The Morgan fingerprint density at radius 2 is 2.41 bits per heavy atom. The minimum Gasteiger partial charge on any atom is -0.368 e. The highest BCUT2D eigenvalue weighted by atomic mass is 16.6. The van der Waals surface area contributed by atoms with E-state index in [1.807, 2.05) is 0 Å². The summed E-state index contributed by atoms with van der Waals surface area (Å²) < 4.78 is 0. The van der Waals surface area contributed by atoms with E-state index >= 15 is 0 Å². The second-order valence-electron chi connectivity index (χ2n) is 4.86. The van der Waals surface area contributed by atoms with Gasteiger partial charge < -0.3 is 10.6 Å². The summed E-state index contributed by atoms with van der Waals surface area (Å²) in [5.41, 5.74) is 7.93. The lowest BCUT2D eigenvalue weighted by Crippen LogP contribution is -2.45. The third-order valence-corrected chi connectivity index (χ3v) is 3.27. The zero-order valence-electron chi connectivity index (χ0n) is 10.9. The van der Waals surface area contributed by atoms with Crippen LogP contribution in [0.25, 0.3) is 0 Å². The van der Waals surface area contributed by atoms with Gasteiger partial charge in [-0.05, 0) is 45.2 Å². The molecule has 2 unspecified atom stereocenters. The highest BCUT2D eigenvalue weighted by molar-refractivity contribution is 5.74. The molecule has 1 heterocycles. The van der Waals surface area contributed by atoms with Crippen molar-refractivity contribution >= 4 is 5.91 Å². The number of hydrogen-bond donors (Lipinski definition) is 2. The summed E-state index contributed by atoms with van der Waals surface area (Å²) in [7, 11) is 0. The maximum atomic E-state index is 10.5. The number of carbonyl (C=O) groups is 1. The molecule has 0 aliphatic carbocycles. The number of primary amides is 1. The van der Waals surface area contributed by atoms with Gasteiger partial charge in [0.05, 0.1) is 0 Å². The van der Waals surface area contributed by atoms with Crippen molar-refractivity contribution in [3.8, 4) is 0 Å². The summed E-state index contributed by atoms with van der Waals surface area (Å²) in [6.45, 7) is 7.74. The van der Waals surface area contributed by atoms with Crippen molar-refractivity contribution in [1.29, 1.82) is 0 Å². The summed E-state index contributed by atoms with van der Waals surface area (Å²) in [6.07, 6.45) is 3.66. The topological polar surface area (TPSA) is 67.6 Å². The van der Waals surface area contributed by atoms with E-state index in [4.69, 9.17) is 10.6 Å². The van der Waals surface area contributed by atoms with E-state index in [1.165, 1.54) is 32.4 Å². The van der Waals surface area contributed by atoms with Gasteiger partial charge in [0.1, 0.15) is 6.61 Å². The number of nitrogens with one attached hydrogen (secondary N) is 1. The minimum atomic E-state index is -0.444. The SMILES string of the molecule is CCCN1CCCC(C(C)NOCC(N)=O)C1. The van der Waals surface area contributed by atoms with Gasteiger partial charge in [0, 0.05) is 12.6 Å². The van der Waals surface area contributed by atoms with Crippen LogP contribution in [0.1, 0.15) is 33.1 Å². The average molecular weight is 243 g/mol. The van der Waals surface area contributed by atoms with Crippen LogP contribution in [-0.4, -0.2) is 43.1 Å². The van der Waals surface area contributed by atoms with Crippen molar-refractivity contribution in [2.75, 3.05) is 26.2 Å². The number of hydroxylamine groups is 1. The maximum Gasteiger partial charge on any atom is 0.245 e. The monoisotopic (exact) mass is 243 g/mol. The molecule has 0 radical (unpaired) electrons. The summed E-state index contributed by atoms with van der Waals surface area (Å²) in [5.74, 6) is 0.143. The van der Waals surface area contributed by atoms with Crippen LogP contribution in [0.15, 0.2) is 0 Å². The predicted molar refractivity (Wildman–Crippen MR) is 67.2 cm³/mol. The van der Waals surface area contributed by atoms with Crippen LogP contribution in [0.2, 0.25) is 0 Å². The lowest BCUT2D eigenvalue weighted by molar-refractivity contribution is -0.126. The highest BCUT2D eigenvalue weighted by Crippen LogP contribution is 2.19. The molecule has 5 heteroatoms. The second-order valence-corrected chi connectivity index (χ2v) is 4.86. The number of nitrogens with zero attached hydrogens (tertiary/aromatic N) is 1. The van der Waals surface area contributed by atoms with Gasteiger partial charge in [-0.1, -0.05) is 6.92 Å². The Morgan fingerprint density at radius 1 is 1.65 bits per heavy atom. The van der Waals surface area contributed by atoms with E-state index in [0.717, 1.165) is 6.54 Å². The van der Waals surface area contributed by atoms with Crippen molar-refractivity contribution in [3.05, 3.63) is 0 Å². The molecule has 17 heavy (non-hydrogen) atoms. The Labute approximate surface area is 104 Å². The normalized spacial score (nSPS) is 23.5. The van der Waals surface area contributed by atoms with Crippen molar-refractivity contribution in [2.24, 2.45) is 11.7 Å². The fraction of sp³-hybridized carbons (Fsp3) is 0.917. The zero-order valence-corrected chi connectivity index (χ0v) is 10.9. The van der Waals surface area contributed by atoms with Crippen molar-refractivity contribution in [3.63, 3.8) is 0 Å². The molecule has 100 valence electrons. The minimum absolute atomic E-state index is 0.0598. The van der Waals surface area contributed by atoms with Gasteiger partial charge in [0.2, 0.25) is 5.91 Å². The molecule has 1 aliphatic heterocycles. The Hall–Kier alpha value is -0.650. The molecule has 0 aromatic rings. The number of carbonyl (C=O) groups excluding carboxylic acids is 1. The van der Waals surface area contributed by atoms with Crippen LogP contribution in [0, 0.1) is 5.92 Å². The van der Waals surface area contributed by atoms with E-state index in [0.29, 0.717) is 5.92 Å². The quantitative estimate of drug-likeness (QED) is 0.639. The lowest BCUT2D eigenvalue weighted by atomic mass is 9.92. The van der Waals surface area contributed by atoms with Crippen LogP contribution in [-0.2, 0) is 9.63 Å². The van der Waals surface area contributed by atoms with Crippen LogP contribution >= 0.6 is 0 Å². The average Bonchev–Trinajstić information content (AvgIpc) is 2.29. The fourth-order valence-electron chi connectivity index (χ4n) is 2.36. The number of hydrogen-bond acceptors (Lipinski definition) is 4. The third kappa shape index (κ3) is 5.48. The number of piperidine rings is 1. The molecule has 0 aromatic carbocycles. The highest BCUT2D eigenvalue weighted by Gasteiger charge is 2.24. The Kier molecular flexibility index (Phi) is 6.47. The van der Waals surface area contributed by atoms with Crippen LogP contribution in [0.3, 0.4) is 0 Å². The van der Waals surface area contributed by atoms with Crippen molar-refractivity contribution < 1.29 is 9.63 Å². The molecule has 1 amide bonds. The van der Waals surface area contributed by atoms with Gasteiger partial charge in [-0.2, -0.15) is 5.48 Å². The Balaban J connectivity index is 2.25. The van der Waals surface area contributed by atoms with E-state index < -0.39 is 5.91 Å². The first kappa shape index (κ1) is 14.4. The lowest BCUT2D eigenvalue weighted by Gasteiger charge is -2.35. The maximum absolute atomic E-state index is 10.5. The van der Waals surface area contributed by atoms with Crippen LogP contribution in [0.5, 0.6) is 0 Å². The Bertz CT molecular complexity index is 234. The molecule has 0 spiro atoms. The summed E-state index contributed by atoms with van der Waals surface area (Å²) in [5, 5.41) is 0. The smallest absolute Gasteiger partial charge is 0.245 e. The summed E-state index contributed by atoms with van der Waals surface area (Å²) >= 11 is 0. The summed E-state index contributed by atoms with van der Waals surface area (Å²) in [6, 6.07) is 0.258. The second kappa shape index (κ2) is 7.63. The van der Waals surface area contributed by atoms with E-state index in [9.17, 15) is 4.79 Å². The first-order valence-corrected chi connectivity index (χ1v) is 6.51. The largest absolute Gasteiger partial charge is 0.368 e. The third-order valence-electron chi connectivity index (χ3n) is 3.27. The van der Waals surface area contributed by atoms with E-state index in [1.54, 1.807) is 0 Å². The first-order chi connectivity index (χ1) is 8.13. The van der Waals surface area contributed by atoms with Crippen molar-refractivity contribution in [2.45, 2.75) is 39.2 Å². The van der Waals surface area contributed by atoms with Gasteiger partial charge in [-0.25, -0.2) is 0 Å². The van der Waals surface area contributed by atoms with E-state index in [2.05, 4.69) is 24.2 Å². The molecule has 3 N–H and O–H groups in total. The molecule has 0 aromatic heterocycles. The molecule has 0 bridgehead atoms. The van der Waals surface area contributed by atoms with Gasteiger partial charge in [-0.3, -0.25) is 9.63 Å². The molecule has 5 nitrogen and oxygen atoms in total.